The average Bonchev–Trinajstić information content (AvgIpc) is 3.47. The molecule has 2 unspecified atom stereocenters. The number of rotatable bonds is 7. The average molecular weight is 536 g/mol. The number of piperazine rings is 1. The molecule has 2 fully saturated rings. The van der Waals surface area contributed by atoms with Crippen molar-refractivity contribution in [3.63, 3.8) is 0 Å². The van der Waals surface area contributed by atoms with Gasteiger partial charge in [0.05, 0.1) is 4.88 Å². The van der Waals surface area contributed by atoms with Crippen LogP contribution in [-0.2, 0) is 6.54 Å². The number of halogens is 1. The first-order valence-corrected chi connectivity index (χ1v) is 14.1. The highest BCUT2D eigenvalue weighted by Gasteiger charge is 2.25. The fourth-order valence-electron chi connectivity index (χ4n) is 5.21. The van der Waals surface area contributed by atoms with Gasteiger partial charge in [0.2, 0.25) is 0 Å². The van der Waals surface area contributed by atoms with Gasteiger partial charge < -0.3 is 21.3 Å². The number of hydrogen-bond donors (Lipinski definition) is 3. The zero-order valence-electron chi connectivity index (χ0n) is 21.4. The van der Waals surface area contributed by atoms with Gasteiger partial charge in [-0.1, -0.05) is 25.0 Å². The van der Waals surface area contributed by atoms with Crippen LogP contribution in [0.2, 0.25) is 0 Å². The summed E-state index contributed by atoms with van der Waals surface area (Å²) in [6.07, 6.45) is 3.96. The van der Waals surface area contributed by atoms with Crippen molar-refractivity contribution < 1.29 is 14.0 Å². The summed E-state index contributed by atoms with van der Waals surface area (Å²) in [5, 5.41) is 8.02. The molecule has 38 heavy (non-hydrogen) atoms. The predicted molar refractivity (Wildman–Crippen MR) is 150 cm³/mol. The summed E-state index contributed by atoms with van der Waals surface area (Å²) >= 11 is 1.38. The molecule has 2 atom stereocenters. The van der Waals surface area contributed by atoms with E-state index in [9.17, 15) is 14.0 Å². The minimum absolute atomic E-state index is 0.0291. The first-order valence-electron chi connectivity index (χ1n) is 13.2. The molecular formula is C29H34FN5O2S. The standard InChI is InChI=1S/C29H34FN5O2S/c30-22-9-11-23(12-10-22)35-15-13-34(14-16-35)19-21-8-7-20(28(36)32-25-5-2-1-4-24(25)31)18-26(21)33-29(37)27-6-3-17-38-27/h3,6-12,17-18,24-25H,1-2,4-5,13-16,19,31H2,(H,32,36)(H,33,37). The highest BCUT2D eigenvalue weighted by Crippen LogP contribution is 2.25. The van der Waals surface area contributed by atoms with E-state index >= 15 is 0 Å². The molecule has 1 aromatic heterocycles. The molecule has 1 saturated carbocycles. The van der Waals surface area contributed by atoms with Crippen LogP contribution in [0, 0.1) is 5.82 Å². The fraction of sp³-hybridized carbons (Fsp3) is 0.379. The molecule has 9 heteroatoms. The number of benzene rings is 2. The second-order valence-electron chi connectivity index (χ2n) is 10.1. The highest BCUT2D eigenvalue weighted by atomic mass is 32.1. The van der Waals surface area contributed by atoms with E-state index in [1.165, 1.54) is 23.5 Å². The molecule has 0 bridgehead atoms. The third-order valence-electron chi connectivity index (χ3n) is 7.46. The van der Waals surface area contributed by atoms with Gasteiger partial charge >= 0.3 is 0 Å². The van der Waals surface area contributed by atoms with Crippen molar-refractivity contribution in [2.45, 2.75) is 44.3 Å². The Kier molecular flexibility index (Phi) is 8.36. The Morgan fingerprint density at radius 3 is 2.45 bits per heavy atom. The Hall–Kier alpha value is -3.27. The van der Waals surface area contributed by atoms with E-state index in [-0.39, 0.29) is 29.7 Å². The van der Waals surface area contributed by atoms with Crippen LogP contribution in [0.1, 0.15) is 51.3 Å². The van der Waals surface area contributed by atoms with Crippen LogP contribution in [0.15, 0.2) is 60.0 Å². The van der Waals surface area contributed by atoms with Crippen LogP contribution in [0.3, 0.4) is 0 Å². The summed E-state index contributed by atoms with van der Waals surface area (Å²) in [6, 6.07) is 15.7. The van der Waals surface area contributed by atoms with Gasteiger partial charge in [-0.05, 0) is 66.2 Å². The molecule has 2 heterocycles. The fourth-order valence-corrected chi connectivity index (χ4v) is 5.83. The molecule has 1 saturated heterocycles. The van der Waals surface area contributed by atoms with Crippen LogP contribution in [0.5, 0.6) is 0 Å². The Morgan fingerprint density at radius 2 is 1.74 bits per heavy atom. The summed E-state index contributed by atoms with van der Waals surface area (Å²) in [7, 11) is 0. The molecule has 3 aromatic rings. The summed E-state index contributed by atoms with van der Waals surface area (Å²) in [4.78, 5) is 31.2. The lowest BCUT2D eigenvalue weighted by Crippen LogP contribution is -2.49. The monoisotopic (exact) mass is 535 g/mol. The van der Waals surface area contributed by atoms with E-state index < -0.39 is 0 Å². The number of thiophene rings is 1. The smallest absolute Gasteiger partial charge is 0.265 e. The topological polar surface area (TPSA) is 90.7 Å². The summed E-state index contributed by atoms with van der Waals surface area (Å²) in [5.74, 6) is -0.587. The van der Waals surface area contributed by atoms with Gasteiger partial charge in [-0.15, -0.1) is 11.3 Å². The predicted octanol–water partition coefficient (Wildman–Crippen LogP) is 4.46. The summed E-state index contributed by atoms with van der Waals surface area (Å²) < 4.78 is 13.3. The number of nitrogens with one attached hydrogen (secondary N) is 2. The molecule has 2 aromatic carbocycles. The molecule has 4 N–H and O–H groups in total. The second kappa shape index (κ2) is 12.1. The maximum absolute atomic E-state index is 13.3. The number of hydrogen-bond acceptors (Lipinski definition) is 6. The largest absolute Gasteiger partial charge is 0.369 e. The molecule has 200 valence electrons. The van der Waals surface area contributed by atoms with Crippen LogP contribution < -0.4 is 21.3 Å². The molecule has 2 aliphatic rings. The van der Waals surface area contributed by atoms with Crippen LogP contribution in [-0.4, -0.2) is 55.0 Å². The molecule has 2 amide bonds. The highest BCUT2D eigenvalue weighted by molar-refractivity contribution is 7.12. The lowest BCUT2D eigenvalue weighted by Gasteiger charge is -2.36. The molecule has 7 nitrogen and oxygen atoms in total. The van der Waals surface area contributed by atoms with Crippen molar-refractivity contribution in [2.24, 2.45) is 5.73 Å². The Bertz CT molecular complexity index is 1240. The van der Waals surface area contributed by atoms with Gasteiger partial charge in [0, 0.05) is 61.7 Å². The number of amides is 2. The quantitative estimate of drug-likeness (QED) is 0.416. The lowest BCUT2D eigenvalue weighted by molar-refractivity contribution is 0.0920. The van der Waals surface area contributed by atoms with Crippen molar-refractivity contribution in [3.05, 3.63) is 81.8 Å². The van der Waals surface area contributed by atoms with E-state index in [1.54, 1.807) is 12.1 Å². The molecular weight excluding hydrogens is 501 g/mol. The zero-order valence-corrected chi connectivity index (χ0v) is 22.2. The van der Waals surface area contributed by atoms with Gasteiger partial charge in [-0.3, -0.25) is 14.5 Å². The van der Waals surface area contributed by atoms with E-state index in [0.29, 0.717) is 22.7 Å². The minimum Gasteiger partial charge on any atom is -0.369 e. The first kappa shape index (κ1) is 26.3. The van der Waals surface area contributed by atoms with Gasteiger partial charge in [0.1, 0.15) is 5.82 Å². The minimum atomic E-state index is -0.233. The third kappa shape index (κ3) is 6.40. The maximum atomic E-state index is 13.3. The molecule has 0 spiro atoms. The van der Waals surface area contributed by atoms with Gasteiger partial charge in [0.25, 0.3) is 11.8 Å². The first-order chi connectivity index (χ1) is 18.5. The van der Waals surface area contributed by atoms with Crippen molar-refractivity contribution in [1.29, 1.82) is 0 Å². The van der Waals surface area contributed by atoms with Crippen LogP contribution in [0.25, 0.3) is 0 Å². The van der Waals surface area contributed by atoms with E-state index in [2.05, 4.69) is 20.4 Å². The van der Waals surface area contributed by atoms with E-state index in [1.807, 2.05) is 35.7 Å². The normalized spacial score (nSPS) is 20.2. The van der Waals surface area contributed by atoms with Gasteiger partial charge in [-0.25, -0.2) is 4.39 Å². The molecule has 1 aliphatic heterocycles. The van der Waals surface area contributed by atoms with E-state index in [4.69, 9.17) is 5.73 Å². The van der Waals surface area contributed by atoms with Crippen molar-refractivity contribution in [3.8, 4) is 0 Å². The van der Waals surface area contributed by atoms with Crippen molar-refractivity contribution in [2.75, 3.05) is 36.4 Å². The summed E-state index contributed by atoms with van der Waals surface area (Å²) in [5.41, 5.74) is 9.36. The molecule has 5 rings (SSSR count). The third-order valence-corrected chi connectivity index (χ3v) is 8.33. The van der Waals surface area contributed by atoms with Gasteiger partial charge in [0.15, 0.2) is 0 Å². The number of anilines is 2. The zero-order chi connectivity index (χ0) is 26.5. The second-order valence-corrected chi connectivity index (χ2v) is 11.0. The SMILES string of the molecule is NC1CCCCC1NC(=O)c1ccc(CN2CCN(c3ccc(F)cc3)CC2)c(NC(=O)c2cccs2)c1. The number of carbonyl (C=O) groups is 2. The Labute approximate surface area is 226 Å². The van der Waals surface area contributed by atoms with E-state index in [0.717, 1.165) is 63.1 Å². The van der Waals surface area contributed by atoms with Crippen LogP contribution >= 0.6 is 11.3 Å². The van der Waals surface area contributed by atoms with Crippen molar-refractivity contribution >= 4 is 34.5 Å². The maximum Gasteiger partial charge on any atom is 0.265 e. The van der Waals surface area contributed by atoms with Gasteiger partial charge in [-0.2, -0.15) is 0 Å². The Morgan fingerprint density at radius 1 is 0.974 bits per heavy atom. The number of nitrogens with zero attached hydrogens (tertiary/aromatic N) is 2. The summed E-state index contributed by atoms with van der Waals surface area (Å²) in [6.45, 7) is 3.96. The number of nitrogens with two attached hydrogens (primary N) is 1. The molecule has 0 radical (unpaired) electrons. The molecule has 1 aliphatic carbocycles. The number of carbonyl (C=O) groups excluding carboxylic acids is 2. The van der Waals surface area contributed by atoms with Crippen LogP contribution in [0.4, 0.5) is 15.8 Å². The lowest BCUT2D eigenvalue weighted by atomic mass is 9.91. The van der Waals surface area contributed by atoms with Crippen molar-refractivity contribution in [1.82, 2.24) is 10.2 Å². The Balaban J connectivity index is 1.29.